The Bertz CT molecular complexity index is 360. The zero-order valence-corrected chi connectivity index (χ0v) is 8.79. The molecule has 2 rings (SSSR count). The molecule has 1 fully saturated rings. The predicted octanol–water partition coefficient (Wildman–Crippen LogP) is 0.784. The Hall–Kier alpha value is -1.36. The van der Waals surface area contributed by atoms with Crippen molar-refractivity contribution in [2.75, 3.05) is 5.32 Å². The van der Waals surface area contributed by atoms with Crippen molar-refractivity contribution in [1.82, 2.24) is 10.2 Å². The van der Waals surface area contributed by atoms with Crippen LogP contribution in [0, 0.1) is 12.8 Å². The number of carbonyl (C=O) groups is 1. The Morgan fingerprint density at radius 1 is 1.67 bits per heavy atom. The number of anilines is 1. The first-order valence-electron chi connectivity index (χ1n) is 5.25. The summed E-state index contributed by atoms with van der Waals surface area (Å²) in [5.74, 6) is 0.638. The number of aromatic nitrogens is 2. The highest BCUT2D eigenvalue weighted by Crippen LogP contribution is 2.25. The van der Waals surface area contributed by atoms with Crippen LogP contribution in [-0.4, -0.2) is 22.1 Å². The second-order valence-electron chi connectivity index (χ2n) is 4.12. The summed E-state index contributed by atoms with van der Waals surface area (Å²) in [5.41, 5.74) is 6.80. The van der Waals surface area contributed by atoms with E-state index in [-0.39, 0.29) is 17.9 Å². The van der Waals surface area contributed by atoms with Gasteiger partial charge in [0, 0.05) is 11.6 Å². The van der Waals surface area contributed by atoms with Gasteiger partial charge in [-0.3, -0.25) is 9.89 Å². The van der Waals surface area contributed by atoms with Crippen molar-refractivity contribution in [2.24, 2.45) is 11.7 Å². The topological polar surface area (TPSA) is 83.8 Å². The lowest BCUT2D eigenvalue weighted by atomic mass is 10.0. The lowest BCUT2D eigenvalue weighted by Gasteiger charge is -2.14. The van der Waals surface area contributed by atoms with Gasteiger partial charge in [0.15, 0.2) is 0 Å². The van der Waals surface area contributed by atoms with Gasteiger partial charge < -0.3 is 11.1 Å². The standard InChI is InChI=1S/C10H16N4O/c1-6-5-12-14-9(6)13-10(15)7-3-2-4-8(7)11/h5,7-8H,2-4,11H2,1H3,(H2,12,13,14,15). The molecule has 0 aliphatic heterocycles. The third-order valence-corrected chi connectivity index (χ3v) is 2.98. The monoisotopic (exact) mass is 208 g/mol. The van der Waals surface area contributed by atoms with Crippen LogP contribution in [0.2, 0.25) is 0 Å². The summed E-state index contributed by atoms with van der Waals surface area (Å²) in [6.07, 6.45) is 4.56. The molecular weight excluding hydrogens is 192 g/mol. The Morgan fingerprint density at radius 3 is 3.00 bits per heavy atom. The quantitative estimate of drug-likeness (QED) is 0.671. The van der Waals surface area contributed by atoms with E-state index < -0.39 is 0 Å². The summed E-state index contributed by atoms with van der Waals surface area (Å²) < 4.78 is 0. The van der Waals surface area contributed by atoms with Crippen LogP contribution >= 0.6 is 0 Å². The van der Waals surface area contributed by atoms with Crippen LogP contribution in [0.5, 0.6) is 0 Å². The molecule has 0 saturated heterocycles. The lowest BCUT2D eigenvalue weighted by molar-refractivity contribution is -0.120. The molecule has 1 amide bonds. The van der Waals surface area contributed by atoms with E-state index in [1.807, 2.05) is 6.92 Å². The van der Waals surface area contributed by atoms with E-state index in [0.717, 1.165) is 24.8 Å². The first-order valence-corrected chi connectivity index (χ1v) is 5.25. The summed E-state index contributed by atoms with van der Waals surface area (Å²) in [6, 6.07) is 0.00762. The third-order valence-electron chi connectivity index (χ3n) is 2.98. The fraction of sp³-hybridized carbons (Fsp3) is 0.600. The SMILES string of the molecule is Cc1cn[nH]c1NC(=O)C1CCCC1N. The summed E-state index contributed by atoms with van der Waals surface area (Å²) in [6.45, 7) is 1.90. The summed E-state index contributed by atoms with van der Waals surface area (Å²) in [7, 11) is 0. The maximum absolute atomic E-state index is 11.8. The number of hydrogen-bond acceptors (Lipinski definition) is 3. The molecule has 0 bridgehead atoms. The van der Waals surface area contributed by atoms with Gasteiger partial charge in [0.1, 0.15) is 5.82 Å². The van der Waals surface area contributed by atoms with Crippen LogP contribution in [0.4, 0.5) is 5.82 Å². The van der Waals surface area contributed by atoms with Crippen molar-refractivity contribution in [3.8, 4) is 0 Å². The maximum atomic E-state index is 11.8. The van der Waals surface area contributed by atoms with Crippen LogP contribution < -0.4 is 11.1 Å². The van der Waals surface area contributed by atoms with E-state index >= 15 is 0 Å². The van der Waals surface area contributed by atoms with Gasteiger partial charge in [-0.1, -0.05) is 6.42 Å². The molecule has 2 unspecified atom stereocenters. The van der Waals surface area contributed by atoms with Crippen LogP contribution in [0.3, 0.4) is 0 Å². The molecular formula is C10H16N4O. The molecule has 4 N–H and O–H groups in total. The van der Waals surface area contributed by atoms with Gasteiger partial charge in [0.2, 0.25) is 5.91 Å². The van der Waals surface area contributed by atoms with E-state index in [2.05, 4.69) is 15.5 Å². The molecule has 0 radical (unpaired) electrons. The van der Waals surface area contributed by atoms with Gasteiger partial charge in [0.25, 0.3) is 0 Å². The van der Waals surface area contributed by atoms with Gasteiger partial charge in [-0.15, -0.1) is 0 Å². The summed E-state index contributed by atoms with van der Waals surface area (Å²) in [5, 5.41) is 9.43. The summed E-state index contributed by atoms with van der Waals surface area (Å²) in [4.78, 5) is 11.8. The number of rotatable bonds is 2. The van der Waals surface area contributed by atoms with Crippen molar-refractivity contribution in [1.29, 1.82) is 0 Å². The molecule has 1 aromatic rings. The third kappa shape index (κ3) is 2.02. The normalized spacial score (nSPS) is 25.5. The Balaban J connectivity index is 2.01. The Labute approximate surface area is 88.4 Å². The van der Waals surface area contributed by atoms with Gasteiger partial charge in [-0.05, 0) is 19.8 Å². The van der Waals surface area contributed by atoms with Gasteiger partial charge in [0.05, 0.1) is 12.1 Å². The lowest BCUT2D eigenvalue weighted by Crippen LogP contribution is -2.34. The molecule has 82 valence electrons. The van der Waals surface area contributed by atoms with Gasteiger partial charge in [-0.2, -0.15) is 5.10 Å². The van der Waals surface area contributed by atoms with E-state index in [0.29, 0.717) is 5.82 Å². The number of nitrogens with zero attached hydrogens (tertiary/aromatic N) is 1. The average molecular weight is 208 g/mol. The number of H-pyrrole nitrogens is 1. The van der Waals surface area contributed by atoms with Crippen molar-refractivity contribution < 1.29 is 4.79 Å². The van der Waals surface area contributed by atoms with Crippen LogP contribution in [-0.2, 0) is 4.79 Å². The molecule has 1 aromatic heterocycles. The number of amides is 1. The highest BCUT2D eigenvalue weighted by Gasteiger charge is 2.30. The average Bonchev–Trinajstić information content (AvgIpc) is 2.76. The molecule has 1 aliphatic rings. The molecule has 1 saturated carbocycles. The molecule has 0 spiro atoms. The number of nitrogens with two attached hydrogens (primary N) is 1. The Morgan fingerprint density at radius 2 is 2.47 bits per heavy atom. The second-order valence-corrected chi connectivity index (χ2v) is 4.12. The molecule has 1 aliphatic carbocycles. The second kappa shape index (κ2) is 4.02. The van der Waals surface area contributed by atoms with Crippen molar-refractivity contribution >= 4 is 11.7 Å². The van der Waals surface area contributed by atoms with Crippen molar-refractivity contribution in [3.63, 3.8) is 0 Å². The maximum Gasteiger partial charge on any atom is 0.230 e. The molecule has 5 heteroatoms. The number of hydrogen-bond donors (Lipinski definition) is 3. The fourth-order valence-corrected chi connectivity index (χ4v) is 2.00. The minimum Gasteiger partial charge on any atom is -0.327 e. The number of carbonyl (C=O) groups excluding carboxylic acids is 1. The minimum atomic E-state index is -0.0484. The fourth-order valence-electron chi connectivity index (χ4n) is 2.00. The molecule has 15 heavy (non-hydrogen) atoms. The van der Waals surface area contributed by atoms with Crippen LogP contribution in [0.15, 0.2) is 6.20 Å². The highest BCUT2D eigenvalue weighted by molar-refractivity contribution is 5.92. The van der Waals surface area contributed by atoms with E-state index in [1.165, 1.54) is 0 Å². The molecule has 2 atom stereocenters. The van der Waals surface area contributed by atoms with Crippen LogP contribution in [0.1, 0.15) is 24.8 Å². The summed E-state index contributed by atoms with van der Waals surface area (Å²) >= 11 is 0. The number of aryl methyl sites for hydroxylation is 1. The van der Waals surface area contributed by atoms with E-state index in [9.17, 15) is 4.79 Å². The number of aromatic amines is 1. The number of nitrogens with one attached hydrogen (secondary N) is 2. The molecule has 1 heterocycles. The van der Waals surface area contributed by atoms with E-state index in [1.54, 1.807) is 6.20 Å². The van der Waals surface area contributed by atoms with Crippen LogP contribution in [0.25, 0.3) is 0 Å². The predicted molar refractivity (Wildman–Crippen MR) is 57.3 cm³/mol. The van der Waals surface area contributed by atoms with E-state index in [4.69, 9.17) is 5.73 Å². The zero-order chi connectivity index (χ0) is 10.8. The van der Waals surface area contributed by atoms with Crippen molar-refractivity contribution in [2.45, 2.75) is 32.2 Å². The molecule has 0 aromatic carbocycles. The first-order chi connectivity index (χ1) is 7.18. The largest absolute Gasteiger partial charge is 0.327 e. The smallest absolute Gasteiger partial charge is 0.230 e. The first kappa shape index (κ1) is 10.2. The van der Waals surface area contributed by atoms with Crippen molar-refractivity contribution in [3.05, 3.63) is 11.8 Å². The molecule has 5 nitrogen and oxygen atoms in total. The highest BCUT2D eigenvalue weighted by atomic mass is 16.2. The zero-order valence-electron chi connectivity index (χ0n) is 8.79. The Kier molecular flexibility index (Phi) is 2.73. The van der Waals surface area contributed by atoms with Gasteiger partial charge in [-0.25, -0.2) is 0 Å². The van der Waals surface area contributed by atoms with Gasteiger partial charge >= 0.3 is 0 Å². The minimum absolute atomic E-state index is 0.00681.